The summed E-state index contributed by atoms with van der Waals surface area (Å²) in [5, 5.41) is 3.06. The number of carbonyl (C=O) groups excluding carboxylic acids is 2. The smallest absolute Gasteiger partial charge is 0.227 e. The molecule has 0 aromatic heterocycles. The Morgan fingerprint density at radius 3 is 2.60 bits per heavy atom. The Morgan fingerprint density at radius 1 is 1.16 bits per heavy atom. The molecule has 1 aromatic carbocycles. The van der Waals surface area contributed by atoms with E-state index in [1.807, 2.05) is 31.2 Å². The van der Waals surface area contributed by atoms with Crippen LogP contribution in [0.2, 0.25) is 0 Å². The zero-order valence-corrected chi connectivity index (χ0v) is 15.4. The van der Waals surface area contributed by atoms with Crippen LogP contribution in [0.5, 0.6) is 0 Å². The van der Waals surface area contributed by atoms with Crippen molar-refractivity contribution in [2.24, 2.45) is 5.92 Å². The normalized spacial score (nSPS) is 25.4. The zero-order chi connectivity index (χ0) is 18.0. The summed E-state index contributed by atoms with van der Waals surface area (Å²) in [5.41, 5.74) is 2.03. The van der Waals surface area contributed by atoms with Crippen molar-refractivity contribution in [1.29, 1.82) is 0 Å². The number of hydrogen-bond donors (Lipinski definition) is 1. The number of rotatable bonds is 4. The molecule has 2 heterocycles. The lowest BCUT2D eigenvalue weighted by Crippen LogP contribution is -2.54. The number of nitrogens with zero attached hydrogens (tertiary/aromatic N) is 3. The molecule has 1 aromatic rings. The van der Waals surface area contributed by atoms with Crippen molar-refractivity contribution in [1.82, 2.24) is 15.1 Å². The van der Waals surface area contributed by atoms with E-state index in [0.717, 1.165) is 30.9 Å². The maximum Gasteiger partial charge on any atom is 0.227 e. The van der Waals surface area contributed by atoms with E-state index in [-0.39, 0.29) is 17.7 Å². The van der Waals surface area contributed by atoms with Gasteiger partial charge in [0, 0.05) is 50.9 Å². The van der Waals surface area contributed by atoms with Crippen LogP contribution in [0, 0.1) is 12.8 Å². The first-order valence-electron chi connectivity index (χ1n) is 8.97. The topological polar surface area (TPSA) is 55.9 Å². The first-order valence-corrected chi connectivity index (χ1v) is 8.97. The Labute approximate surface area is 149 Å². The van der Waals surface area contributed by atoms with Gasteiger partial charge in [0.2, 0.25) is 11.8 Å². The first kappa shape index (κ1) is 17.9. The van der Waals surface area contributed by atoms with Gasteiger partial charge in [-0.15, -0.1) is 0 Å². The van der Waals surface area contributed by atoms with Crippen LogP contribution in [0.3, 0.4) is 0 Å². The van der Waals surface area contributed by atoms with Crippen LogP contribution >= 0.6 is 0 Å². The van der Waals surface area contributed by atoms with Crippen molar-refractivity contribution in [2.75, 3.05) is 51.7 Å². The molecule has 6 nitrogen and oxygen atoms in total. The summed E-state index contributed by atoms with van der Waals surface area (Å²) in [6.07, 6.45) is 0.292. The molecule has 0 radical (unpaired) electrons. The molecule has 0 unspecified atom stereocenters. The van der Waals surface area contributed by atoms with Gasteiger partial charge in [-0.1, -0.05) is 17.7 Å². The van der Waals surface area contributed by atoms with E-state index in [0.29, 0.717) is 25.6 Å². The number of amides is 2. The fourth-order valence-electron chi connectivity index (χ4n) is 3.54. The average molecular weight is 344 g/mol. The molecule has 2 aliphatic rings. The summed E-state index contributed by atoms with van der Waals surface area (Å²) in [6.45, 7) is 6.15. The van der Waals surface area contributed by atoms with E-state index < -0.39 is 0 Å². The molecule has 0 spiro atoms. The predicted octanol–water partition coefficient (Wildman–Crippen LogP) is 0.710. The van der Waals surface area contributed by atoms with E-state index in [4.69, 9.17) is 0 Å². The highest BCUT2D eigenvalue weighted by Gasteiger charge is 2.35. The molecule has 0 aliphatic carbocycles. The van der Waals surface area contributed by atoms with E-state index in [9.17, 15) is 9.59 Å². The van der Waals surface area contributed by atoms with Crippen molar-refractivity contribution in [3.8, 4) is 0 Å². The third kappa shape index (κ3) is 4.19. The Kier molecular flexibility index (Phi) is 5.39. The number of nitrogens with one attached hydrogen (secondary N) is 1. The molecular weight excluding hydrogens is 316 g/mol. The predicted molar refractivity (Wildman–Crippen MR) is 98.6 cm³/mol. The van der Waals surface area contributed by atoms with Gasteiger partial charge in [0.05, 0.1) is 5.92 Å². The molecule has 2 aliphatic heterocycles. The van der Waals surface area contributed by atoms with Crippen LogP contribution in [-0.4, -0.2) is 74.5 Å². The third-order valence-electron chi connectivity index (χ3n) is 5.33. The van der Waals surface area contributed by atoms with Crippen molar-refractivity contribution < 1.29 is 9.59 Å². The van der Waals surface area contributed by atoms with Crippen LogP contribution < -0.4 is 10.2 Å². The number of benzene rings is 1. The molecule has 0 bridgehead atoms. The lowest BCUT2D eigenvalue weighted by Gasteiger charge is -2.37. The monoisotopic (exact) mass is 344 g/mol. The molecule has 136 valence electrons. The second kappa shape index (κ2) is 7.54. The van der Waals surface area contributed by atoms with Crippen LogP contribution in [-0.2, 0) is 9.59 Å². The number of aryl methyl sites for hydroxylation is 1. The summed E-state index contributed by atoms with van der Waals surface area (Å²) in [5.74, 6) is -0.247. The molecule has 1 N–H and O–H groups in total. The summed E-state index contributed by atoms with van der Waals surface area (Å²) < 4.78 is 0. The molecule has 0 saturated carbocycles. The van der Waals surface area contributed by atoms with Gasteiger partial charge in [-0.05, 0) is 33.2 Å². The Balaban J connectivity index is 1.54. The first-order chi connectivity index (χ1) is 11.9. The molecule has 2 fully saturated rings. The highest BCUT2D eigenvalue weighted by molar-refractivity contribution is 6.00. The Morgan fingerprint density at radius 2 is 1.88 bits per heavy atom. The van der Waals surface area contributed by atoms with Gasteiger partial charge in [-0.2, -0.15) is 0 Å². The number of piperazine rings is 1. The lowest BCUT2D eigenvalue weighted by molar-refractivity contribution is -0.126. The molecular formula is C19H28N4O2. The van der Waals surface area contributed by atoms with E-state index in [2.05, 4.69) is 29.2 Å². The van der Waals surface area contributed by atoms with Crippen molar-refractivity contribution in [2.45, 2.75) is 19.4 Å². The fourth-order valence-corrected chi connectivity index (χ4v) is 3.54. The SMILES string of the molecule is Cc1ccc(N2C[C@H](C(=O)NC[C@H]3CN(C)CCN3C)CC2=O)cc1. The molecule has 3 rings (SSSR count). The fraction of sp³-hybridized carbons (Fsp3) is 0.579. The van der Waals surface area contributed by atoms with Crippen molar-refractivity contribution in [3.63, 3.8) is 0 Å². The number of likely N-dealkylation sites (N-methyl/N-ethyl adjacent to an activating group) is 2. The second-order valence-electron chi connectivity index (χ2n) is 7.38. The highest BCUT2D eigenvalue weighted by Crippen LogP contribution is 2.25. The van der Waals surface area contributed by atoms with Gasteiger partial charge in [0.25, 0.3) is 0 Å². The van der Waals surface area contributed by atoms with E-state index in [1.165, 1.54) is 0 Å². The maximum absolute atomic E-state index is 12.5. The number of hydrogen-bond acceptors (Lipinski definition) is 4. The number of anilines is 1. The highest BCUT2D eigenvalue weighted by atomic mass is 16.2. The lowest BCUT2D eigenvalue weighted by atomic mass is 10.1. The summed E-state index contributed by atoms with van der Waals surface area (Å²) in [7, 11) is 4.21. The van der Waals surface area contributed by atoms with E-state index >= 15 is 0 Å². The minimum atomic E-state index is -0.263. The summed E-state index contributed by atoms with van der Waals surface area (Å²) >= 11 is 0. The Bertz CT molecular complexity index is 631. The number of carbonyl (C=O) groups is 2. The maximum atomic E-state index is 12.5. The van der Waals surface area contributed by atoms with Crippen LogP contribution in [0.1, 0.15) is 12.0 Å². The zero-order valence-electron chi connectivity index (χ0n) is 15.4. The quantitative estimate of drug-likeness (QED) is 0.874. The van der Waals surface area contributed by atoms with Gasteiger partial charge in [-0.25, -0.2) is 0 Å². The van der Waals surface area contributed by atoms with Gasteiger partial charge >= 0.3 is 0 Å². The molecule has 6 heteroatoms. The van der Waals surface area contributed by atoms with Crippen molar-refractivity contribution >= 4 is 17.5 Å². The van der Waals surface area contributed by atoms with Crippen LogP contribution in [0.15, 0.2) is 24.3 Å². The summed E-state index contributed by atoms with van der Waals surface area (Å²) in [4.78, 5) is 31.1. The second-order valence-corrected chi connectivity index (χ2v) is 7.38. The van der Waals surface area contributed by atoms with E-state index in [1.54, 1.807) is 4.90 Å². The Hall–Kier alpha value is -1.92. The molecule has 2 atom stereocenters. The minimum Gasteiger partial charge on any atom is -0.354 e. The van der Waals surface area contributed by atoms with Crippen LogP contribution in [0.25, 0.3) is 0 Å². The minimum absolute atomic E-state index is 0.00964. The largest absolute Gasteiger partial charge is 0.354 e. The average Bonchev–Trinajstić information content (AvgIpc) is 2.98. The van der Waals surface area contributed by atoms with Gasteiger partial charge < -0.3 is 15.1 Å². The van der Waals surface area contributed by atoms with Gasteiger partial charge in [0.1, 0.15) is 0 Å². The molecule has 2 amide bonds. The summed E-state index contributed by atoms with van der Waals surface area (Å²) in [6, 6.07) is 8.20. The molecule has 2 saturated heterocycles. The standard InChI is InChI=1S/C19H28N4O2/c1-14-4-6-16(7-5-14)23-12-15(10-18(23)24)19(25)20-11-17-13-21(2)8-9-22(17)3/h4-7,15,17H,8-13H2,1-3H3,(H,20,25)/t15-,17+/m1/s1. The molecule has 25 heavy (non-hydrogen) atoms. The van der Waals surface area contributed by atoms with Gasteiger partial charge in [0.15, 0.2) is 0 Å². The van der Waals surface area contributed by atoms with Gasteiger partial charge in [-0.3, -0.25) is 14.5 Å². The third-order valence-corrected chi connectivity index (χ3v) is 5.33. The van der Waals surface area contributed by atoms with Crippen LogP contribution in [0.4, 0.5) is 5.69 Å². The van der Waals surface area contributed by atoms with Crippen molar-refractivity contribution in [3.05, 3.63) is 29.8 Å².